The highest BCUT2D eigenvalue weighted by Gasteiger charge is 2.02. The SMILES string of the molecule is NCCCNCc1cc(Br)c(Br)s1. The van der Waals surface area contributed by atoms with Crippen molar-refractivity contribution in [3.05, 3.63) is 19.2 Å². The van der Waals surface area contributed by atoms with E-state index in [0.29, 0.717) is 0 Å². The normalized spacial score (nSPS) is 10.7. The maximum absolute atomic E-state index is 5.38. The van der Waals surface area contributed by atoms with Gasteiger partial charge in [-0.1, -0.05) is 0 Å². The van der Waals surface area contributed by atoms with Gasteiger partial charge in [-0.15, -0.1) is 11.3 Å². The minimum atomic E-state index is 0.755. The molecule has 0 spiro atoms. The van der Waals surface area contributed by atoms with Crippen LogP contribution in [0.15, 0.2) is 14.3 Å². The largest absolute Gasteiger partial charge is 0.330 e. The summed E-state index contributed by atoms with van der Waals surface area (Å²) < 4.78 is 2.29. The van der Waals surface area contributed by atoms with Gasteiger partial charge in [-0.2, -0.15) is 0 Å². The van der Waals surface area contributed by atoms with Gasteiger partial charge in [0.1, 0.15) is 0 Å². The van der Waals surface area contributed by atoms with Crippen molar-refractivity contribution in [2.24, 2.45) is 5.73 Å². The lowest BCUT2D eigenvalue weighted by atomic mass is 10.4. The molecular weight excluding hydrogens is 316 g/mol. The molecule has 0 aliphatic carbocycles. The second-order valence-corrected chi connectivity index (χ2v) is 5.96. The van der Waals surface area contributed by atoms with Gasteiger partial charge in [0.15, 0.2) is 0 Å². The highest BCUT2D eigenvalue weighted by molar-refractivity contribution is 9.13. The van der Waals surface area contributed by atoms with Crippen molar-refractivity contribution < 1.29 is 0 Å². The van der Waals surface area contributed by atoms with Crippen molar-refractivity contribution in [3.63, 3.8) is 0 Å². The fourth-order valence-electron chi connectivity index (χ4n) is 0.917. The predicted molar refractivity (Wildman–Crippen MR) is 65.1 cm³/mol. The van der Waals surface area contributed by atoms with Crippen LogP contribution in [0.2, 0.25) is 0 Å². The molecule has 0 unspecified atom stereocenters. The zero-order chi connectivity index (χ0) is 9.68. The van der Waals surface area contributed by atoms with Crippen LogP contribution >= 0.6 is 43.2 Å². The molecular formula is C8H12Br2N2S. The Bertz CT molecular complexity index is 243. The molecule has 0 fully saturated rings. The van der Waals surface area contributed by atoms with Gasteiger partial charge in [0.25, 0.3) is 0 Å². The minimum absolute atomic E-state index is 0.755. The van der Waals surface area contributed by atoms with E-state index < -0.39 is 0 Å². The lowest BCUT2D eigenvalue weighted by Crippen LogP contribution is -2.16. The molecule has 0 aromatic carbocycles. The van der Waals surface area contributed by atoms with Gasteiger partial charge in [-0.25, -0.2) is 0 Å². The molecule has 0 atom stereocenters. The summed E-state index contributed by atoms with van der Waals surface area (Å²) in [5.74, 6) is 0. The van der Waals surface area contributed by atoms with Gasteiger partial charge in [0.2, 0.25) is 0 Å². The first-order valence-electron chi connectivity index (χ1n) is 4.08. The number of hydrogen-bond acceptors (Lipinski definition) is 3. The molecule has 5 heteroatoms. The van der Waals surface area contributed by atoms with Gasteiger partial charge < -0.3 is 11.1 Å². The van der Waals surface area contributed by atoms with Crippen LogP contribution in [0.25, 0.3) is 0 Å². The number of halogens is 2. The van der Waals surface area contributed by atoms with Crippen molar-refractivity contribution in [1.29, 1.82) is 0 Å². The van der Waals surface area contributed by atoms with E-state index in [9.17, 15) is 0 Å². The zero-order valence-electron chi connectivity index (χ0n) is 7.15. The van der Waals surface area contributed by atoms with E-state index in [4.69, 9.17) is 5.73 Å². The van der Waals surface area contributed by atoms with Crippen LogP contribution in [0.3, 0.4) is 0 Å². The van der Waals surface area contributed by atoms with Gasteiger partial charge in [-0.05, 0) is 57.4 Å². The molecule has 74 valence electrons. The van der Waals surface area contributed by atoms with Gasteiger partial charge >= 0.3 is 0 Å². The molecule has 0 saturated carbocycles. The first kappa shape index (κ1) is 11.7. The summed E-state index contributed by atoms with van der Waals surface area (Å²) in [6.07, 6.45) is 1.04. The maximum atomic E-state index is 5.38. The summed E-state index contributed by atoms with van der Waals surface area (Å²) in [5.41, 5.74) is 5.38. The molecule has 0 aliphatic heterocycles. The van der Waals surface area contributed by atoms with Crippen molar-refractivity contribution in [1.82, 2.24) is 5.32 Å². The topological polar surface area (TPSA) is 38.0 Å². The summed E-state index contributed by atoms with van der Waals surface area (Å²) in [6, 6.07) is 2.13. The van der Waals surface area contributed by atoms with E-state index in [1.165, 1.54) is 4.88 Å². The van der Waals surface area contributed by atoms with Crippen LogP contribution in [0.5, 0.6) is 0 Å². The quantitative estimate of drug-likeness (QED) is 0.816. The monoisotopic (exact) mass is 326 g/mol. The molecule has 3 N–H and O–H groups in total. The van der Waals surface area contributed by atoms with E-state index in [0.717, 1.165) is 34.3 Å². The van der Waals surface area contributed by atoms with E-state index in [-0.39, 0.29) is 0 Å². The predicted octanol–water partition coefficient (Wildman–Crippen LogP) is 2.71. The van der Waals surface area contributed by atoms with E-state index in [2.05, 4.69) is 43.2 Å². The van der Waals surface area contributed by atoms with Crippen LogP contribution in [-0.4, -0.2) is 13.1 Å². The maximum Gasteiger partial charge on any atom is 0.0843 e. The molecule has 1 aromatic rings. The molecule has 0 amide bonds. The Morgan fingerprint density at radius 1 is 1.46 bits per heavy atom. The average Bonchev–Trinajstić information content (AvgIpc) is 2.41. The highest BCUT2D eigenvalue weighted by Crippen LogP contribution is 2.32. The summed E-state index contributed by atoms with van der Waals surface area (Å²) in [4.78, 5) is 1.33. The molecule has 13 heavy (non-hydrogen) atoms. The number of rotatable bonds is 5. The lowest BCUT2D eigenvalue weighted by Gasteiger charge is -1.99. The van der Waals surface area contributed by atoms with Crippen LogP contribution < -0.4 is 11.1 Å². The van der Waals surface area contributed by atoms with E-state index in [1.54, 1.807) is 11.3 Å². The van der Waals surface area contributed by atoms with Gasteiger partial charge in [0, 0.05) is 15.9 Å². The number of hydrogen-bond donors (Lipinski definition) is 2. The lowest BCUT2D eigenvalue weighted by molar-refractivity contribution is 0.660. The van der Waals surface area contributed by atoms with Crippen LogP contribution in [0.1, 0.15) is 11.3 Å². The molecule has 2 nitrogen and oxygen atoms in total. The van der Waals surface area contributed by atoms with Gasteiger partial charge in [0.05, 0.1) is 3.79 Å². The smallest absolute Gasteiger partial charge is 0.0843 e. The van der Waals surface area contributed by atoms with Crippen LogP contribution in [0, 0.1) is 0 Å². The fraction of sp³-hybridized carbons (Fsp3) is 0.500. The molecule has 0 aliphatic rings. The Balaban J connectivity index is 2.29. The Kier molecular flexibility index (Phi) is 5.50. The molecule has 1 aromatic heterocycles. The first-order valence-corrected chi connectivity index (χ1v) is 6.48. The molecule has 1 heterocycles. The average molecular weight is 328 g/mol. The summed E-state index contributed by atoms with van der Waals surface area (Å²) in [7, 11) is 0. The molecule has 0 radical (unpaired) electrons. The van der Waals surface area contributed by atoms with Gasteiger partial charge in [-0.3, -0.25) is 0 Å². The number of nitrogens with two attached hydrogens (primary N) is 1. The molecule has 0 bridgehead atoms. The van der Waals surface area contributed by atoms with Crippen molar-refractivity contribution in [3.8, 4) is 0 Å². The summed E-state index contributed by atoms with van der Waals surface area (Å²) >= 11 is 8.67. The third-order valence-electron chi connectivity index (χ3n) is 1.55. The van der Waals surface area contributed by atoms with E-state index in [1.807, 2.05) is 0 Å². The van der Waals surface area contributed by atoms with Crippen molar-refractivity contribution in [2.75, 3.05) is 13.1 Å². The number of thiophene rings is 1. The van der Waals surface area contributed by atoms with Crippen LogP contribution in [0.4, 0.5) is 0 Å². The van der Waals surface area contributed by atoms with E-state index >= 15 is 0 Å². The highest BCUT2D eigenvalue weighted by atomic mass is 79.9. The zero-order valence-corrected chi connectivity index (χ0v) is 11.1. The first-order chi connectivity index (χ1) is 6.24. The Hall–Kier alpha value is 0.580. The summed E-state index contributed by atoms with van der Waals surface area (Å²) in [5, 5.41) is 3.33. The second kappa shape index (κ2) is 6.14. The van der Waals surface area contributed by atoms with Crippen molar-refractivity contribution >= 4 is 43.2 Å². The third kappa shape index (κ3) is 4.08. The van der Waals surface area contributed by atoms with Crippen LogP contribution in [-0.2, 0) is 6.54 Å². The minimum Gasteiger partial charge on any atom is -0.330 e. The number of nitrogens with one attached hydrogen (secondary N) is 1. The fourth-order valence-corrected chi connectivity index (χ4v) is 3.06. The Morgan fingerprint density at radius 3 is 2.77 bits per heavy atom. The van der Waals surface area contributed by atoms with Crippen molar-refractivity contribution in [2.45, 2.75) is 13.0 Å². The Morgan fingerprint density at radius 2 is 2.23 bits per heavy atom. The second-order valence-electron chi connectivity index (χ2n) is 2.65. The third-order valence-corrected chi connectivity index (χ3v) is 4.81. The summed E-state index contributed by atoms with van der Waals surface area (Å²) in [6.45, 7) is 2.67. The molecule has 0 saturated heterocycles. The standard InChI is InChI=1S/C8H12Br2N2S/c9-7-4-6(13-8(7)10)5-12-3-1-2-11/h4,12H,1-3,5,11H2. The Labute approximate surface area is 99.2 Å². The molecule has 1 rings (SSSR count).